The van der Waals surface area contributed by atoms with Crippen molar-refractivity contribution in [2.24, 2.45) is 0 Å². The second-order valence-electron chi connectivity index (χ2n) is 4.71. The molecule has 1 aromatic carbocycles. The number of fused-ring (bicyclic) bond motifs is 1. The van der Waals surface area contributed by atoms with Crippen LogP contribution in [0.25, 0.3) is 17.0 Å². The summed E-state index contributed by atoms with van der Waals surface area (Å²) in [7, 11) is 0. The van der Waals surface area contributed by atoms with Crippen LogP contribution in [-0.4, -0.2) is 22.2 Å². The molecule has 0 bridgehead atoms. The Hall–Kier alpha value is -2.23. The first-order chi connectivity index (χ1) is 8.97. The smallest absolute Gasteiger partial charge is 0.328 e. The van der Waals surface area contributed by atoms with Crippen molar-refractivity contribution < 1.29 is 14.6 Å². The van der Waals surface area contributed by atoms with Gasteiger partial charge in [-0.3, -0.25) is 0 Å². The molecule has 0 aliphatic rings. The molecule has 4 heteroatoms. The zero-order valence-corrected chi connectivity index (χ0v) is 11.2. The number of benzene rings is 1. The topological polar surface area (TPSA) is 62.3 Å². The van der Waals surface area contributed by atoms with Crippen LogP contribution in [0.2, 0.25) is 0 Å². The van der Waals surface area contributed by atoms with E-state index >= 15 is 0 Å². The summed E-state index contributed by atoms with van der Waals surface area (Å²) in [6.45, 7) is 5.92. The van der Waals surface area contributed by atoms with Crippen LogP contribution in [0.5, 0.6) is 5.75 Å². The summed E-state index contributed by atoms with van der Waals surface area (Å²) in [4.78, 5) is 13.7. The number of hydrogen-bond acceptors (Lipinski definition) is 2. The van der Waals surface area contributed by atoms with E-state index < -0.39 is 5.97 Å². The van der Waals surface area contributed by atoms with Crippen molar-refractivity contribution in [2.75, 3.05) is 0 Å². The maximum atomic E-state index is 10.6. The molecule has 1 aromatic heterocycles. The normalized spacial score (nSPS) is 11.6. The summed E-state index contributed by atoms with van der Waals surface area (Å²) < 4.78 is 5.66. The molecule has 0 spiro atoms. The average molecular weight is 259 g/mol. The van der Waals surface area contributed by atoms with E-state index in [1.165, 1.54) is 0 Å². The highest BCUT2D eigenvalue weighted by Gasteiger charge is 2.07. The van der Waals surface area contributed by atoms with E-state index in [1.54, 1.807) is 6.08 Å². The van der Waals surface area contributed by atoms with Gasteiger partial charge in [0, 0.05) is 22.7 Å². The number of aromatic nitrogens is 1. The zero-order valence-electron chi connectivity index (χ0n) is 11.2. The molecule has 1 heterocycles. The number of rotatable bonds is 4. The summed E-state index contributed by atoms with van der Waals surface area (Å²) >= 11 is 0. The first-order valence-electron chi connectivity index (χ1n) is 6.17. The summed E-state index contributed by atoms with van der Waals surface area (Å²) in [5.74, 6) is -0.139. The summed E-state index contributed by atoms with van der Waals surface area (Å²) in [6, 6.07) is 5.82. The first-order valence-corrected chi connectivity index (χ1v) is 6.17. The molecule has 2 N–H and O–H groups in total. The van der Waals surface area contributed by atoms with Gasteiger partial charge in [0.15, 0.2) is 0 Å². The standard InChI is InChI=1S/C15H17NO3/c1-9(2)19-11-4-5-14-12(8-11)10(3)13(16-14)6-7-15(17)18/h4-9,16H,1-3H3,(H,17,18)/b7-6+. The third-order valence-electron chi connectivity index (χ3n) is 2.83. The Kier molecular flexibility index (Phi) is 3.60. The Morgan fingerprint density at radius 2 is 2.16 bits per heavy atom. The minimum Gasteiger partial charge on any atom is -0.491 e. The van der Waals surface area contributed by atoms with Crippen LogP contribution in [0, 0.1) is 6.92 Å². The number of carboxylic acid groups (broad SMARTS) is 1. The van der Waals surface area contributed by atoms with Crippen LogP contribution >= 0.6 is 0 Å². The maximum Gasteiger partial charge on any atom is 0.328 e. The van der Waals surface area contributed by atoms with E-state index in [9.17, 15) is 4.79 Å². The van der Waals surface area contributed by atoms with Gasteiger partial charge in [-0.05, 0) is 50.6 Å². The van der Waals surface area contributed by atoms with Gasteiger partial charge >= 0.3 is 5.97 Å². The molecule has 0 aliphatic carbocycles. The zero-order chi connectivity index (χ0) is 14.0. The average Bonchev–Trinajstić information content (AvgIpc) is 2.63. The summed E-state index contributed by atoms with van der Waals surface area (Å²) in [6.07, 6.45) is 2.83. The minimum atomic E-state index is -0.957. The fraction of sp³-hybridized carbons (Fsp3) is 0.267. The van der Waals surface area contributed by atoms with Crippen molar-refractivity contribution in [2.45, 2.75) is 26.9 Å². The Bertz CT molecular complexity index is 638. The predicted molar refractivity (Wildman–Crippen MR) is 75.5 cm³/mol. The Morgan fingerprint density at radius 3 is 2.79 bits per heavy atom. The molecule has 100 valence electrons. The third-order valence-corrected chi connectivity index (χ3v) is 2.83. The molecule has 0 amide bonds. The largest absolute Gasteiger partial charge is 0.491 e. The van der Waals surface area contributed by atoms with Crippen LogP contribution in [-0.2, 0) is 4.79 Å². The van der Waals surface area contributed by atoms with Crippen LogP contribution in [0.4, 0.5) is 0 Å². The predicted octanol–water partition coefficient (Wildman–Crippen LogP) is 3.36. The van der Waals surface area contributed by atoms with E-state index in [0.29, 0.717) is 0 Å². The lowest BCUT2D eigenvalue weighted by atomic mass is 10.1. The van der Waals surface area contributed by atoms with Gasteiger partial charge in [0.1, 0.15) is 5.75 Å². The highest BCUT2D eigenvalue weighted by Crippen LogP contribution is 2.27. The van der Waals surface area contributed by atoms with Crippen LogP contribution in [0.3, 0.4) is 0 Å². The Balaban J connectivity index is 2.43. The molecule has 2 rings (SSSR count). The number of aromatic amines is 1. The van der Waals surface area contributed by atoms with Crippen molar-refractivity contribution >= 4 is 22.9 Å². The van der Waals surface area contributed by atoms with Gasteiger partial charge < -0.3 is 14.8 Å². The lowest BCUT2D eigenvalue weighted by Gasteiger charge is -2.09. The lowest BCUT2D eigenvalue weighted by molar-refractivity contribution is -0.131. The number of ether oxygens (including phenoxy) is 1. The maximum absolute atomic E-state index is 10.6. The van der Waals surface area contributed by atoms with Crippen molar-refractivity contribution in [3.05, 3.63) is 35.5 Å². The SMILES string of the molecule is Cc1c(/C=C/C(=O)O)[nH]c2ccc(OC(C)C)cc12. The van der Waals surface area contributed by atoms with E-state index in [2.05, 4.69) is 4.98 Å². The highest BCUT2D eigenvalue weighted by molar-refractivity contribution is 5.91. The summed E-state index contributed by atoms with van der Waals surface area (Å²) in [5.41, 5.74) is 2.79. The number of H-pyrrole nitrogens is 1. The fourth-order valence-electron chi connectivity index (χ4n) is 1.99. The molecule has 19 heavy (non-hydrogen) atoms. The highest BCUT2D eigenvalue weighted by atomic mass is 16.5. The monoisotopic (exact) mass is 259 g/mol. The minimum absolute atomic E-state index is 0.128. The molecule has 0 radical (unpaired) electrons. The molecule has 0 unspecified atom stereocenters. The third kappa shape index (κ3) is 2.96. The quantitative estimate of drug-likeness (QED) is 0.827. The van der Waals surface area contributed by atoms with Crippen LogP contribution in [0.15, 0.2) is 24.3 Å². The van der Waals surface area contributed by atoms with Gasteiger partial charge in [-0.2, -0.15) is 0 Å². The number of hydrogen-bond donors (Lipinski definition) is 2. The Labute approximate surface area is 111 Å². The van der Waals surface area contributed by atoms with Gasteiger partial charge in [0.25, 0.3) is 0 Å². The second-order valence-corrected chi connectivity index (χ2v) is 4.71. The molecular formula is C15H17NO3. The molecule has 0 atom stereocenters. The van der Waals surface area contributed by atoms with E-state index in [4.69, 9.17) is 9.84 Å². The lowest BCUT2D eigenvalue weighted by Crippen LogP contribution is -2.05. The van der Waals surface area contributed by atoms with Crippen molar-refractivity contribution in [3.63, 3.8) is 0 Å². The van der Waals surface area contributed by atoms with Gasteiger partial charge in [0.05, 0.1) is 6.10 Å². The second kappa shape index (κ2) is 5.18. The van der Waals surface area contributed by atoms with E-state index in [-0.39, 0.29) is 6.10 Å². The van der Waals surface area contributed by atoms with E-state index in [0.717, 1.165) is 34.0 Å². The van der Waals surface area contributed by atoms with Gasteiger partial charge in [-0.25, -0.2) is 4.79 Å². The molecular weight excluding hydrogens is 242 g/mol. The van der Waals surface area contributed by atoms with Crippen LogP contribution < -0.4 is 4.74 Å². The molecule has 4 nitrogen and oxygen atoms in total. The van der Waals surface area contributed by atoms with Crippen LogP contribution in [0.1, 0.15) is 25.1 Å². The molecule has 0 saturated heterocycles. The van der Waals surface area contributed by atoms with Gasteiger partial charge in [-0.1, -0.05) is 0 Å². The molecule has 2 aromatic rings. The number of nitrogens with one attached hydrogen (secondary N) is 1. The van der Waals surface area contributed by atoms with Gasteiger partial charge in [-0.15, -0.1) is 0 Å². The van der Waals surface area contributed by atoms with E-state index in [1.807, 2.05) is 39.0 Å². The molecule has 0 aliphatic heterocycles. The Morgan fingerprint density at radius 1 is 1.42 bits per heavy atom. The number of carbonyl (C=O) groups is 1. The fourth-order valence-corrected chi connectivity index (χ4v) is 1.99. The number of aryl methyl sites for hydroxylation is 1. The van der Waals surface area contributed by atoms with Crippen molar-refractivity contribution in [1.82, 2.24) is 4.98 Å². The molecule has 0 saturated carbocycles. The number of carboxylic acids is 1. The van der Waals surface area contributed by atoms with Crippen molar-refractivity contribution in [1.29, 1.82) is 0 Å². The number of aliphatic carboxylic acids is 1. The first kappa shape index (κ1) is 13.2. The van der Waals surface area contributed by atoms with Crippen molar-refractivity contribution in [3.8, 4) is 5.75 Å². The van der Waals surface area contributed by atoms with Gasteiger partial charge in [0.2, 0.25) is 0 Å². The summed E-state index contributed by atoms with van der Waals surface area (Å²) in [5, 5.41) is 9.71. The molecule has 0 fully saturated rings.